The fourth-order valence-corrected chi connectivity index (χ4v) is 2.26. The fraction of sp³-hybridized carbons (Fsp3) is 1.00. The summed E-state index contributed by atoms with van der Waals surface area (Å²) in [6.07, 6.45) is 8.67. The first-order chi connectivity index (χ1) is 7.36. The van der Waals surface area contributed by atoms with Crippen molar-refractivity contribution in [3.05, 3.63) is 0 Å². The van der Waals surface area contributed by atoms with E-state index in [-0.39, 0.29) is 0 Å². The van der Waals surface area contributed by atoms with Crippen molar-refractivity contribution >= 4 is 0 Å². The first-order valence-corrected chi connectivity index (χ1v) is 6.24. The van der Waals surface area contributed by atoms with Gasteiger partial charge in [0, 0.05) is 19.8 Å². The van der Waals surface area contributed by atoms with Gasteiger partial charge in [-0.2, -0.15) is 0 Å². The van der Waals surface area contributed by atoms with Gasteiger partial charge in [-0.05, 0) is 51.5 Å². The Morgan fingerprint density at radius 2 is 2.13 bits per heavy atom. The van der Waals surface area contributed by atoms with Gasteiger partial charge in [-0.1, -0.05) is 0 Å². The van der Waals surface area contributed by atoms with E-state index in [4.69, 9.17) is 9.84 Å². The Morgan fingerprint density at radius 1 is 1.27 bits per heavy atom. The van der Waals surface area contributed by atoms with E-state index in [0.29, 0.717) is 18.8 Å². The standard InChI is InChI=1S/C12H25NO2/c1-15-12-7-5-6-11(10-12)13-8-3-2-4-9-14/h11-14H,2-10H2,1H3. The molecule has 0 aromatic heterocycles. The van der Waals surface area contributed by atoms with Crippen LogP contribution in [0.3, 0.4) is 0 Å². The molecule has 0 saturated heterocycles. The second-order valence-corrected chi connectivity index (χ2v) is 4.46. The molecule has 1 rings (SSSR count). The highest BCUT2D eigenvalue weighted by Gasteiger charge is 2.20. The van der Waals surface area contributed by atoms with Crippen molar-refractivity contribution in [2.45, 2.75) is 57.1 Å². The number of unbranched alkanes of at least 4 members (excludes halogenated alkanes) is 2. The van der Waals surface area contributed by atoms with Crippen LogP contribution in [0.1, 0.15) is 44.9 Å². The number of ether oxygens (including phenoxy) is 1. The predicted octanol–water partition coefficient (Wildman–Crippen LogP) is 1.70. The smallest absolute Gasteiger partial charge is 0.0586 e. The summed E-state index contributed by atoms with van der Waals surface area (Å²) in [4.78, 5) is 0. The molecular formula is C12H25NO2. The third-order valence-electron chi connectivity index (χ3n) is 3.23. The van der Waals surface area contributed by atoms with Crippen molar-refractivity contribution < 1.29 is 9.84 Å². The van der Waals surface area contributed by atoms with Gasteiger partial charge in [0.15, 0.2) is 0 Å². The molecule has 15 heavy (non-hydrogen) atoms. The lowest BCUT2D eigenvalue weighted by molar-refractivity contribution is 0.0589. The lowest BCUT2D eigenvalue weighted by Crippen LogP contribution is -2.37. The van der Waals surface area contributed by atoms with Gasteiger partial charge in [0.1, 0.15) is 0 Å². The van der Waals surface area contributed by atoms with E-state index in [1.165, 1.54) is 25.7 Å². The quantitative estimate of drug-likeness (QED) is 0.635. The van der Waals surface area contributed by atoms with Crippen LogP contribution in [0.4, 0.5) is 0 Å². The van der Waals surface area contributed by atoms with Gasteiger partial charge >= 0.3 is 0 Å². The van der Waals surface area contributed by atoms with E-state index in [9.17, 15) is 0 Å². The van der Waals surface area contributed by atoms with Crippen LogP contribution in [-0.4, -0.2) is 37.5 Å². The lowest BCUT2D eigenvalue weighted by atomic mass is 9.93. The minimum atomic E-state index is 0.329. The van der Waals surface area contributed by atoms with E-state index < -0.39 is 0 Å². The zero-order chi connectivity index (χ0) is 10.9. The molecule has 0 bridgehead atoms. The van der Waals surface area contributed by atoms with Gasteiger partial charge in [-0.15, -0.1) is 0 Å². The molecule has 3 nitrogen and oxygen atoms in total. The van der Waals surface area contributed by atoms with Crippen molar-refractivity contribution in [3.8, 4) is 0 Å². The Hall–Kier alpha value is -0.120. The summed E-state index contributed by atoms with van der Waals surface area (Å²) < 4.78 is 5.39. The third kappa shape index (κ3) is 5.50. The maximum Gasteiger partial charge on any atom is 0.0586 e. The molecule has 1 saturated carbocycles. The maximum absolute atomic E-state index is 8.64. The summed E-state index contributed by atoms with van der Waals surface area (Å²) in [7, 11) is 1.81. The molecule has 3 heteroatoms. The number of hydrogen-bond donors (Lipinski definition) is 2. The van der Waals surface area contributed by atoms with Crippen molar-refractivity contribution in [3.63, 3.8) is 0 Å². The molecule has 0 spiro atoms. The number of aliphatic hydroxyl groups excluding tert-OH is 1. The summed E-state index contributed by atoms with van der Waals surface area (Å²) in [5.74, 6) is 0. The van der Waals surface area contributed by atoms with Crippen LogP contribution in [-0.2, 0) is 4.74 Å². The van der Waals surface area contributed by atoms with Gasteiger partial charge in [0.25, 0.3) is 0 Å². The molecule has 2 unspecified atom stereocenters. The number of hydrogen-bond acceptors (Lipinski definition) is 3. The van der Waals surface area contributed by atoms with Crippen LogP contribution >= 0.6 is 0 Å². The highest BCUT2D eigenvalue weighted by molar-refractivity contribution is 4.78. The molecule has 90 valence electrons. The molecule has 2 N–H and O–H groups in total. The monoisotopic (exact) mass is 215 g/mol. The molecule has 1 fully saturated rings. The van der Waals surface area contributed by atoms with E-state index in [1.807, 2.05) is 7.11 Å². The number of methoxy groups -OCH3 is 1. The average molecular weight is 215 g/mol. The van der Waals surface area contributed by atoms with Crippen LogP contribution in [0.2, 0.25) is 0 Å². The molecule has 0 aromatic carbocycles. The lowest BCUT2D eigenvalue weighted by Gasteiger charge is -2.28. The van der Waals surface area contributed by atoms with Crippen molar-refractivity contribution in [2.24, 2.45) is 0 Å². The van der Waals surface area contributed by atoms with Crippen LogP contribution in [0.5, 0.6) is 0 Å². The predicted molar refractivity (Wildman–Crippen MR) is 62.0 cm³/mol. The molecule has 0 aromatic rings. The number of rotatable bonds is 7. The molecule has 1 aliphatic rings. The fourth-order valence-electron chi connectivity index (χ4n) is 2.26. The van der Waals surface area contributed by atoms with Crippen molar-refractivity contribution in [1.82, 2.24) is 5.32 Å². The Kier molecular flexibility index (Phi) is 6.98. The Bertz CT molecular complexity index is 153. The normalized spacial score (nSPS) is 26.8. The van der Waals surface area contributed by atoms with Crippen molar-refractivity contribution in [2.75, 3.05) is 20.3 Å². The van der Waals surface area contributed by atoms with E-state index in [2.05, 4.69) is 5.32 Å². The summed E-state index contributed by atoms with van der Waals surface area (Å²) in [5.41, 5.74) is 0. The largest absolute Gasteiger partial charge is 0.396 e. The molecule has 0 heterocycles. The Labute approximate surface area is 93.2 Å². The van der Waals surface area contributed by atoms with Gasteiger partial charge in [-0.25, -0.2) is 0 Å². The highest BCUT2D eigenvalue weighted by atomic mass is 16.5. The Balaban J connectivity index is 2.00. The number of nitrogens with one attached hydrogen (secondary N) is 1. The first-order valence-electron chi connectivity index (χ1n) is 6.24. The summed E-state index contributed by atoms with van der Waals surface area (Å²) >= 11 is 0. The van der Waals surface area contributed by atoms with E-state index >= 15 is 0 Å². The minimum absolute atomic E-state index is 0.329. The van der Waals surface area contributed by atoms with Gasteiger partial charge in [-0.3, -0.25) is 0 Å². The molecular weight excluding hydrogens is 190 g/mol. The van der Waals surface area contributed by atoms with Crippen LogP contribution in [0.25, 0.3) is 0 Å². The highest BCUT2D eigenvalue weighted by Crippen LogP contribution is 2.20. The number of aliphatic hydroxyl groups is 1. The topological polar surface area (TPSA) is 41.5 Å². The molecule has 2 atom stereocenters. The molecule has 1 aliphatic carbocycles. The zero-order valence-corrected chi connectivity index (χ0v) is 9.87. The third-order valence-corrected chi connectivity index (χ3v) is 3.23. The SMILES string of the molecule is COC1CCCC(NCCCCCO)C1. The second kappa shape index (κ2) is 8.08. The van der Waals surface area contributed by atoms with Gasteiger partial charge < -0.3 is 15.2 Å². The van der Waals surface area contributed by atoms with Crippen LogP contribution in [0, 0.1) is 0 Å². The average Bonchev–Trinajstić information content (AvgIpc) is 2.29. The van der Waals surface area contributed by atoms with E-state index in [0.717, 1.165) is 25.8 Å². The summed E-state index contributed by atoms with van der Waals surface area (Å²) in [6, 6.07) is 0.651. The van der Waals surface area contributed by atoms with Crippen LogP contribution < -0.4 is 5.32 Å². The van der Waals surface area contributed by atoms with Gasteiger partial charge in [0.05, 0.1) is 6.10 Å². The first kappa shape index (κ1) is 12.9. The zero-order valence-electron chi connectivity index (χ0n) is 9.87. The van der Waals surface area contributed by atoms with E-state index in [1.54, 1.807) is 0 Å². The molecule has 0 amide bonds. The van der Waals surface area contributed by atoms with Crippen molar-refractivity contribution in [1.29, 1.82) is 0 Å². The Morgan fingerprint density at radius 3 is 2.87 bits per heavy atom. The molecule has 0 aliphatic heterocycles. The minimum Gasteiger partial charge on any atom is -0.396 e. The van der Waals surface area contributed by atoms with Gasteiger partial charge in [0.2, 0.25) is 0 Å². The molecule has 0 radical (unpaired) electrons. The second-order valence-electron chi connectivity index (χ2n) is 4.46. The summed E-state index contributed by atoms with van der Waals surface area (Å²) in [5, 5.41) is 12.2. The van der Waals surface area contributed by atoms with Crippen LogP contribution in [0.15, 0.2) is 0 Å². The maximum atomic E-state index is 8.64. The summed E-state index contributed by atoms with van der Waals surface area (Å²) in [6.45, 7) is 1.41.